The first-order valence-corrected chi connectivity index (χ1v) is 7.05. The molecule has 1 heterocycles. The number of benzene rings is 1. The van der Waals surface area contributed by atoms with Crippen LogP contribution < -0.4 is 5.73 Å². The van der Waals surface area contributed by atoms with Crippen molar-refractivity contribution in [1.82, 2.24) is 0 Å². The summed E-state index contributed by atoms with van der Waals surface area (Å²) in [5.41, 5.74) is 6.75. The molecule has 1 unspecified atom stereocenters. The van der Waals surface area contributed by atoms with Crippen molar-refractivity contribution in [1.29, 1.82) is 0 Å². The maximum atomic E-state index is 13.2. The van der Waals surface area contributed by atoms with Gasteiger partial charge in [-0.25, -0.2) is 4.39 Å². The van der Waals surface area contributed by atoms with Gasteiger partial charge in [-0.3, -0.25) is 0 Å². The summed E-state index contributed by atoms with van der Waals surface area (Å²) in [5.74, 6) is -0.0353. The fraction of sp³-hybridized carbons (Fsp3) is 0.231. The summed E-state index contributed by atoms with van der Waals surface area (Å²) in [6.07, 6.45) is 0.845. The fourth-order valence-electron chi connectivity index (χ4n) is 1.79. The van der Waals surface area contributed by atoms with Crippen LogP contribution in [0, 0.1) is 5.82 Å². The quantitative estimate of drug-likeness (QED) is 0.909. The highest BCUT2D eigenvalue weighted by molar-refractivity contribution is 9.10. The zero-order chi connectivity index (χ0) is 12.3. The van der Waals surface area contributed by atoms with Gasteiger partial charge in [0.2, 0.25) is 0 Å². The van der Waals surface area contributed by atoms with Gasteiger partial charge < -0.3 is 5.73 Å². The Labute approximate surface area is 113 Å². The van der Waals surface area contributed by atoms with Crippen LogP contribution in [0.15, 0.2) is 40.2 Å². The Balaban J connectivity index is 2.20. The van der Waals surface area contributed by atoms with E-state index < -0.39 is 0 Å². The molecule has 0 amide bonds. The van der Waals surface area contributed by atoms with E-state index in [9.17, 15) is 4.39 Å². The molecule has 1 atom stereocenters. The van der Waals surface area contributed by atoms with Crippen LogP contribution in [0.2, 0.25) is 0 Å². The van der Waals surface area contributed by atoms with Crippen LogP contribution in [-0.4, -0.2) is 6.54 Å². The summed E-state index contributed by atoms with van der Waals surface area (Å²) in [6.45, 7) is 0.522. The van der Waals surface area contributed by atoms with E-state index in [0.29, 0.717) is 6.54 Å². The zero-order valence-corrected chi connectivity index (χ0v) is 11.6. The van der Waals surface area contributed by atoms with Crippen LogP contribution in [0.1, 0.15) is 16.4 Å². The fourth-order valence-corrected chi connectivity index (χ4v) is 3.39. The first-order chi connectivity index (χ1) is 8.20. The molecule has 1 aromatic carbocycles. The predicted octanol–water partition coefficient (Wildman–Crippen LogP) is 3.93. The average molecular weight is 314 g/mol. The molecule has 17 heavy (non-hydrogen) atoms. The van der Waals surface area contributed by atoms with Crippen molar-refractivity contribution in [3.8, 4) is 0 Å². The molecule has 0 aliphatic rings. The Hall–Kier alpha value is -0.710. The standard InChI is InChI=1S/C13H13BrFNS/c14-12-4-5-17-13(12)7-10(8-16)9-2-1-3-11(15)6-9/h1-6,10H,7-8,16H2. The number of thiophene rings is 1. The monoisotopic (exact) mass is 313 g/mol. The van der Waals surface area contributed by atoms with Crippen LogP contribution >= 0.6 is 27.3 Å². The highest BCUT2D eigenvalue weighted by Crippen LogP contribution is 2.29. The normalized spacial score (nSPS) is 12.6. The predicted molar refractivity (Wildman–Crippen MR) is 73.9 cm³/mol. The zero-order valence-electron chi connectivity index (χ0n) is 9.20. The van der Waals surface area contributed by atoms with Gasteiger partial charge in [0.25, 0.3) is 0 Å². The third-order valence-electron chi connectivity index (χ3n) is 2.73. The molecule has 90 valence electrons. The van der Waals surface area contributed by atoms with E-state index in [1.165, 1.54) is 10.9 Å². The number of nitrogens with two attached hydrogens (primary N) is 1. The van der Waals surface area contributed by atoms with Crippen LogP contribution in [0.25, 0.3) is 0 Å². The molecule has 2 aromatic rings. The smallest absolute Gasteiger partial charge is 0.123 e. The number of hydrogen-bond donors (Lipinski definition) is 1. The average Bonchev–Trinajstić information content (AvgIpc) is 2.71. The molecular formula is C13H13BrFNS. The van der Waals surface area contributed by atoms with Crippen molar-refractivity contribution in [2.45, 2.75) is 12.3 Å². The molecule has 0 bridgehead atoms. The van der Waals surface area contributed by atoms with Crippen LogP contribution in [-0.2, 0) is 6.42 Å². The maximum absolute atomic E-state index is 13.2. The Kier molecular flexibility index (Phi) is 4.31. The molecule has 0 radical (unpaired) electrons. The minimum absolute atomic E-state index is 0.167. The van der Waals surface area contributed by atoms with Crippen molar-refractivity contribution in [3.05, 3.63) is 56.4 Å². The molecule has 0 aliphatic heterocycles. The van der Waals surface area contributed by atoms with E-state index in [2.05, 4.69) is 15.9 Å². The summed E-state index contributed by atoms with van der Waals surface area (Å²) < 4.78 is 14.3. The molecule has 0 saturated heterocycles. The highest BCUT2D eigenvalue weighted by Gasteiger charge is 2.13. The molecule has 4 heteroatoms. The Morgan fingerprint density at radius 2 is 2.18 bits per heavy atom. The summed E-state index contributed by atoms with van der Waals surface area (Å²) in [4.78, 5) is 1.25. The first kappa shape index (κ1) is 12.7. The van der Waals surface area contributed by atoms with Crippen molar-refractivity contribution < 1.29 is 4.39 Å². The minimum atomic E-state index is -0.203. The molecule has 1 aromatic heterocycles. The molecular weight excluding hydrogens is 301 g/mol. The molecule has 1 nitrogen and oxygen atoms in total. The summed E-state index contributed by atoms with van der Waals surface area (Å²) in [6, 6.07) is 8.72. The first-order valence-electron chi connectivity index (χ1n) is 5.38. The van der Waals surface area contributed by atoms with Gasteiger partial charge >= 0.3 is 0 Å². The highest BCUT2D eigenvalue weighted by atomic mass is 79.9. The third kappa shape index (κ3) is 3.15. The van der Waals surface area contributed by atoms with Gasteiger partial charge in [0, 0.05) is 15.3 Å². The van der Waals surface area contributed by atoms with Crippen molar-refractivity contribution in [2.24, 2.45) is 5.73 Å². The van der Waals surface area contributed by atoms with Gasteiger partial charge in [0.1, 0.15) is 5.82 Å². The summed E-state index contributed by atoms with van der Waals surface area (Å²) in [7, 11) is 0. The van der Waals surface area contributed by atoms with E-state index in [4.69, 9.17) is 5.73 Å². The maximum Gasteiger partial charge on any atom is 0.123 e. The summed E-state index contributed by atoms with van der Waals surface area (Å²) in [5, 5.41) is 2.04. The lowest BCUT2D eigenvalue weighted by molar-refractivity contribution is 0.617. The Morgan fingerprint density at radius 3 is 2.76 bits per heavy atom. The number of rotatable bonds is 4. The molecule has 0 spiro atoms. The topological polar surface area (TPSA) is 26.0 Å². The van der Waals surface area contributed by atoms with Gasteiger partial charge in [-0.15, -0.1) is 11.3 Å². The number of hydrogen-bond acceptors (Lipinski definition) is 2. The van der Waals surface area contributed by atoms with Crippen molar-refractivity contribution in [2.75, 3.05) is 6.54 Å². The SMILES string of the molecule is NCC(Cc1sccc1Br)c1cccc(F)c1. The van der Waals surface area contributed by atoms with E-state index in [-0.39, 0.29) is 11.7 Å². The van der Waals surface area contributed by atoms with E-state index >= 15 is 0 Å². The van der Waals surface area contributed by atoms with Crippen molar-refractivity contribution >= 4 is 27.3 Å². The molecule has 0 aliphatic carbocycles. The molecule has 2 rings (SSSR count). The van der Waals surface area contributed by atoms with E-state index in [0.717, 1.165) is 16.5 Å². The van der Waals surface area contributed by atoms with E-state index in [1.54, 1.807) is 23.5 Å². The van der Waals surface area contributed by atoms with Crippen LogP contribution in [0.3, 0.4) is 0 Å². The van der Waals surface area contributed by atoms with Gasteiger partial charge in [-0.2, -0.15) is 0 Å². The molecule has 0 saturated carbocycles. The lowest BCUT2D eigenvalue weighted by Gasteiger charge is -2.14. The molecule has 2 N–H and O–H groups in total. The largest absolute Gasteiger partial charge is 0.330 e. The lowest BCUT2D eigenvalue weighted by atomic mass is 9.95. The van der Waals surface area contributed by atoms with Crippen molar-refractivity contribution in [3.63, 3.8) is 0 Å². The van der Waals surface area contributed by atoms with E-state index in [1.807, 2.05) is 17.5 Å². The lowest BCUT2D eigenvalue weighted by Crippen LogP contribution is -2.14. The Bertz CT molecular complexity index is 498. The summed E-state index contributed by atoms with van der Waals surface area (Å²) >= 11 is 5.20. The number of halogens is 2. The van der Waals surface area contributed by atoms with Gasteiger partial charge in [-0.05, 0) is 58.0 Å². The van der Waals surface area contributed by atoms with Crippen LogP contribution in [0.4, 0.5) is 4.39 Å². The molecule has 0 fully saturated rings. The van der Waals surface area contributed by atoms with Crippen LogP contribution in [0.5, 0.6) is 0 Å². The van der Waals surface area contributed by atoms with Gasteiger partial charge in [0.15, 0.2) is 0 Å². The second kappa shape index (κ2) is 5.76. The van der Waals surface area contributed by atoms with Gasteiger partial charge in [-0.1, -0.05) is 12.1 Å². The third-order valence-corrected chi connectivity index (χ3v) is 4.68. The van der Waals surface area contributed by atoms with Gasteiger partial charge in [0.05, 0.1) is 0 Å². The minimum Gasteiger partial charge on any atom is -0.330 e. The second-order valence-corrected chi connectivity index (χ2v) is 5.74. The Morgan fingerprint density at radius 1 is 1.35 bits per heavy atom. The second-order valence-electron chi connectivity index (χ2n) is 3.88.